The minimum atomic E-state index is -0.273. The Bertz CT molecular complexity index is 794. The van der Waals surface area contributed by atoms with Gasteiger partial charge in [-0.05, 0) is 29.7 Å². The number of hydrogen-bond donors (Lipinski definition) is 2. The second kappa shape index (κ2) is 10.1. The number of carbonyl (C=O) groups is 1. The third kappa shape index (κ3) is 5.45. The normalized spacial score (nSPS) is 11.7. The Morgan fingerprint density at radius 2 is 1.54 bits per heavy atom. The van der Waals surface area contributed by atoms with Crippen LogP contribution in [0.15, 0.2) is 36.4 Å². The Labute approximate surface area is 171 Å². The van der Waals surface area contributed by atoms with Crippen LogP contribution in [0.5, 0.6) is 17.2 Å². The maximum atomic E-state index is 12.5. The number of carbonyl (C=O) groups excluding carboxylic acids is 1. The van der Waals surface area contributed by atoms with Gasteiger partial charge >= 0.3 is 6.03 Å². The molecule has 0 saturated carbocycles. The zero-order valence-electron chi connectivity index (χ0n) is 16.8. The lowest BCUT2D eigenvalue weighted by Crippen LogP contribution is -2.39. The number of amides is 2. The molecule has 0 radical (unpaired) electrons. The zero-order valence-corrected chi connectivity index (χ0v) is 17.6. The van der Waals surface area contributed by atoms with E-state index in [-0.39, 0.29) is 24.5 Å². The first-order chi connectivity index (χ1) is 13.4. The van der Waals surface area contributed by atoms with Gasteiger partial charge in [0.05, 0.1) is 27.4 Å². The van der Waals surface area contributed by atoms with Crippen LogP contribution in [-0.2, 0) is 6.54 Å². The topological polar surface area (TPSA) is 68.8 Å². The summed E-state index contributed by atoms with van der Waals surface area (Å²) in [6.07, 6.45) is 0. The lowest BCUT2D eigenvalue weighted by Gasteiger charge is -2.23. The molecular weight excluding hydrogens is 380 g/mol. The molecule has 0 fully saturated rings. The lowest BCUT2D eigenvalue weighted by atomic mass is 9.96. The highest BCUT2D eigenvalue weighted by atomic mass is 35.5. The summed E-state index contributed by atoms with van der Waals surface area (Å²) in [4.78, 5) is 12.5. The molecule has 7 heteroatoms. The molecule has 2 aromatic carbocycles. The second-order valence-electron chi connectivity index (χ2n) is 6.62. The molecule has 2 N–H and O–H groups in total. The Kier molecular flexibility index (Phi) is 7.81. The van der Waals surface area contributed by atoms with Gasteiger partial charge < -0.3 is 24.8 Å². The molecule has 0 aromatic heterocycles. The maximum Gasteiger partial charge on any atom is 0.315 e. The first-order valence-corrected chi connectivity index (χ1v) is 9.36. The number of benzene rings is 2. The smallest absolute Gasteiger partial charge is 0.315 e. The molecule has 0 spiro atoms. The fourth-order valence-electron chi connectivity index (χ4n) is 2.90. The summed E-state index contributed by atoms with van der Waals surface area (Å²) in [6.45, 7) is 4.38. The number of ether oxygens (including phenoxy) is 3. The van der Waals surface area contributed by atoms with Gasteiger partial charge in [0.2, 0.25) is 0 Å². The highest BCUT2D eigenvalue weighted by molar-refractivity contribution is 6.30. The quantitative estimate of drug-likeness (QED) is 0.674. The Balaban J connectivity index is 2.09. The number of halogens is 1. The largest absolute Gasteiger partial charge is 0.496 e. The van der Waals surface area contributed by atoms with Crippen LogP contribution >= 0.6 is 11.6 Å². The van der Waals surface area contributed by atoms with Gasteiger partial charge in [-0.25, -0.2) is 4.79 Å². The number of hydrogen-bond acceptors (Lipinski definition) is 4. The summed E-state index contributed by atoms with van der Waals surface area (Å²) in [5, 5.41) is 6.56. The summed E-state index contributed by atoms with van der Waals surface area (Å²) < 4.78 is 16.0. The van der Waals surface area contributed by atoms with E-state index in [9.17, 15) is 4.79 Å². The van der Waals surface area contributed by atoms with E-state index in [1.165, 1.54) is 0 Å². The fourth-order valence-corrected chi connectivity index (χ4v) is 3.03. The molecule has 1 atom stereocenters. The summed E-state index contributed by atoms with van der Waals surface area (Å²) in [5.41, 5.74) is 1.78. The molecule has 28 heavy (non-hydrogen) atoms. The van der Waals surface area contributed by atoms with E-state index in [0.717, 1.165) is 11.1 Å². The molecule has 2 rings (SSSR count). The van der Waals surface area contributed by atoms with E-state index in [1.54, 1.807) is 33.5 Å². The van der Waals surface area contributed by atoms with Crippen molar-refractivity contribution in [3.63, 3.8) is 0 Å². The Morgan fingerprint density at radius 1 is 0.964 bits per heavy atom. The average molecular weight is 407 g/mol. The van der Waals surface area contributed by atoms with E-state index in [0.29, 0.717) is 22.3 Å². The minimum Gasteiger partial charge on any atom is -0.496 e. The first kappa shape index (κ1) is 21.7. The molecule has 0 bridgehead atoms. The van der Waals surface area contributed by atoms with Gasteiger partial charge in [0, 0.05) is 23.2 Å². The van der Waals surface area contributed by atoms with Crippen molar-refractivity contribution in [2.24, 2.45) is 5.92 Å². The van der Waals surface area contributed by atoms with E-state index in [4.69, 9.17) is 25.8 Å². The van der Waals surface area contributed by atoms with E-state index < -0.39 is 0 Å². The Hall–Kier alpha value is -2.60. The van der Waals surface area contributed by atoms with Crippen molar-refractivity contribution >= 4 is 17.6 Å². The third-order valence-corrected chi connectivity index (χ3v) is 4.66. The van der Waals surface area contributed by atoms with Gasteiger partial charge in [-0.3, -0.25) is 0 Å². The summed E-state index contributed by atoms with van der Waals surface area (Å²) >= 11 is 5.96. The maximum absolute atomic E-state index is 12.5. The van der Waals surface area contributed by atoms with Crippen LogP contribution in [0.4, 0.5) is 4.79 Å². The van der Waals surface area contributed by atoms with Crippen molar-refractivity contribution in [2.75, 3.05) is 21.3 Å². The summed E-state index contributed by atoms with van der Waals surface area (Å²) in [6, 6.07) is 10.6. The van der Waals surface area contributed by atoms with Crippen LogP contribution < -0.4 is 24.8 Å². The molecule has 0 aliphatic carbocycles. The number of methoxy groups -OCH3 is 3. The third-order valence-electron chi connectivity index (χ3n) is 4.41. The van der Waals surface area contributed by atoms with Crippen LogP contribution in [0.1, 0.15) is 31.0 Å². The molecule has 2 amide bonds. The standard InChI is InChI=1S/C21H27ClN2O4/c1-13(2)20(14-6-8-16(22)9-7-14)24-21(25)23-12-15-10-18(27-4)19(28-5)11-17(15)26-3/h6-11,13,20H,12H2,1-5H3,(H2,23,24,25). The lowest BCUT2D eigenvalue weighted by molar-refractivity contribution is 0.232. The van der Waals surface area contributed by atoms with Gasteiger partial charge in [0.15, 0.2) is 11.5 Å². The molecule has 0 heterocycles. The zero-order chi connectivity index (χ0) is 20.7. The van der Waals surface area contributed by atoms with Crippen LogP contribution in [-0.4, -0.2) is 27.4 Å². The molecule has 0 aliphatic heterocycles. The predicted octanol–water partition coefficient (Wildman–Crippen LogP) is 4.56. The predicted molar refractivity (Wildman–Crippen MR) is 111 cm³/mol. The van der Waals surface area contributed by atoms with Crippen molar-refractivity contribution in [3.05, 3.63) is 52.5 Å². The van der Waals surface area contributed by atoms with E-state index in [1.807, 2.05) is 24.3 Å². The monoisotopic (exact) mass is 406 g/mol. The van der Waals surface area contributed by atoms with Crippen molar-refractivity contribution in [2.45, 2.75) is 26.4 Å². The Morgan fingerprint density at radius 3 is 2.07 bits per heavy atom. The highest BCUT2D eigenvalue weighted by Crippen LogP contribution is 2.34. The molecule has 0 aliphatic rings. The number of urea groups is 1. The van der Waals surface area contributed by atoms with Crippen molar-refractivity contribution in [1.82, 2.24) is 10.6 Å². The number of rotatable bonds is 8. The SMILES string of the molecule is COc1cc(OC)c(OC)cc1CNC(=O)NC(c1ccc(Cl)cc1)C(C)C. The van der Waals surface area contributed by atoms with Crippen molar-refractivity contribution in [1.29, 1.82) is 0 Å². The van der Waals surface area contributed by atoms with Gasteiger partial charge in [-0.15, -0.1) is 0 Å². The van der Waals surface area contributed by atoms with Crippen LogP contribution in [0.25, 0.3) is 0 Å². The van der Waals surface area contributed by atoms with Gasteiger partial charge in [0.25, 0.3) is 0 Å². The van der Waals surface area contributed by atoms with Crippen LogP contribution in [0, 0.1) is 5.92 Å². The molecule has 2 aromatic rings. The summed E-state index contributed by atoms with van der Waals surface area (Å²) in [5.74, 6) is 1.95. The molecule has 0 saturated heterocycles. The molecule has 152 valence electrons. The molecular formula is C21H27ClN2O4. The first-order valence-electron chi connectivity index (χ1n) is 8.98. The average Bonchev–Trinajstić information content (AvgIpc) is 2.70. The second-order valence-corrected chi connectivity index (χ2v) is 7.06. The van der Waals surface area contributed by atoms with Gasteiger partial charge in [-0.1, -0.05) is 37.6 Å². The number of nitrogens with one attached hydrogen (secondary N) is 2. The minimum absolute atomic E-state index is 0.135. The molecule has 1 unspecified atom stereocenters. The van der Waals surface area contributed by atoms with Gasteiger partial charge in [0.1, 0.15) is 5.75 Å². The van der Waals surface area contributed by atoms with E-state index in [2.05, 4.69) is 24.5 Å². The fraction of sp³-hybridized carbons (Fsp3) is 0.381. The molecule has 6 nitrogen and oxygen atoms in total. The highest BCUT2D eigenvalue weighted by Gasteiger charge is 2.19. The van der Waals surface area contributed by atoms with Crippen LogP contribution in [0.2, 0.25) is 5.02 Å². The van der Waals surface area contributed by atoms with Crippen molar-refractivity contribution in [3.8, 4) is 17.2 Å². The summed E-state index contributed by atoms with van der Waals surface area (Å²) in [7, 11) is 4.69. The van der Waals surface area contributed by atoms with Crippen molar-refractivity contribution < 1.29 is 19.0 Å². The van der Waals surface area contributed by atoms with E-state index >= 15 is 0 Å². The van der Waals surface area contributed by atoms with Crippen LogP contribution in [0.3, 0.4) is 0 Å². The van der Waals surface area contributed by atoms with Gasteiger partial charge in [-0.2, -0.15) is 0 Å².